The Kier molecular flexibility index (Phi) is 9.64. The summed E-state index contributed by atoms with van der Waals surface area (Å²) < 4.78 is 22.1. The number of hydrogen-bond acceptors (Lipinski definition) is 2. The second-order valence-corrected chi connectivity index (χ2v) is 17.1. The molecule has 3 aromatic rings. The zero-order valence-corrected chi connectivity index (χ0v) is 27.3. The highest BCUT2D eigenvalue weighted by Gasteiger charge is 2.54. The van der Waals surface area contributed by atoms with Crippen LogP contribution in [0.15, 0.2) is 102 Å². The topological polar surface area (TPSA) is 12.5 Å². The number of benzene rings is 3. The molecular weight excluding hydrogens is 521 g/mol. The molecule has 0 spiro atoms. The molecule has 0 amide bonds. The van der Waals surface area contributed by atoms with Gasteiger partial charge in [0.1, 0.15) is 11.6 Å². The first-order valence-corrected chi connectivity index (χ1v) is 17.2. The van der Waals surface area contributed by atoms with Gasteiger partial charge in [0.05, 0.1) is 6.04 Å². The average Bonchev–Trinajstić information content (AvgIpc) is 2.95. The fourth-order valence-electron chi connectivity index (χ4n) is 6.54. The molecule has 0 aliphatic carbocycles. The number of allylic oxidation sites excluding steroid dienone is 3. The number of rotatable bonds is 10. The van der Waals surface area contributed by atoms with Gasteiger partial charge < -0.3 is 9.33 Å². The number of halogens is 1. The van der Waals surface area contributed by atoms with E-state index < -0.39 is 8.32 Å². The standard InChI is InChI=1S/C37H48FNOSi/c1-9-10-13-22-33-28(4)39(8)35(27(2)3)36(34(33)29-23-25-30(38)26-24-29)40-41(37(5,6)7,31-18-14-11-15-19-31)32-20-16-12-17-21-32/h11-12,14-21,23-27,35H,9-10,13,22H2,1-8H3. The van der Waals surface area contributed by atoms with E-state index in [0.717, 1.165) is 36.2 Å². The number of nitrogens with zero attached hydrogens (tertiary/aromatic N) is 1. The Morgan fingerprint density at radius 2 is 1.39 bits per heavy atom. The molecule has 1 unspecified atom stereocenters. The molecule has 0 radical (unpaired) electrons. The highest BCUT2D eigenvalue weighted by atomic mass is 28.4. The molecule has 1 heterocycles. The van der Waals surface area contributed by atoms with Crippen molar-refractivity contribution in [2.24, 2.45) is 5.92 Å². The molecule has 4 heteroatoms. The predicted molar refractivity (Wildman–Crippen MR) is 175 cm³/mol. The maximum Gasteiger partial charge on any atom is 0.319 e. The van der Waals surface area contributed by atoms with Crippen molar-refractivity contribution in [1.82, 2.24) is 4.90 Å². The van der Waals surface area contributed by atoms with E-state index in [4.69, 9.17) is 4.43 Å². The van der Waals surface area contributed by atoms with Crippen LogP contribution in [0.1, 0.15) is 79.7 Å². The summed E-state index contributed by atoms with van der Waals surface area (Å²) in [4.78, 5) is 2.44. The lowest BCUT2D eigenvalue weighted by Crippen LogP contribution is -2.67. The Balaban J connectivity index is 2.10. The molecule has 41 heavy (non-hydrogen) atoms. The second-order valence-electron chi connectivity index (χ2n) is 12.8. The zero-order chi connectivity index (χ0) is 29.8. The van der Waals surface area contributed by atoms with E-state index in [0.29, 0.717) is 5.92 Å². The third kappa shape index (κ3) is 6.09. The van der Waals surface area contributed by atoms with Crippen molar-refractivity contribution in [1.29, 1.82) is 0 Å². The van der Waals surface area contributed by atoms with Crippen molar-refractivity contribution in [2.75, 3.05) is 7.05 Å². The zero-order valence-electron chi connectivity index (χ0n) is 26.3. The average molecular weight is 570 g/mol. The minimum Gasteiger partial charge on any atom is -0.535 e. The highest BCUT2D eigenvalue weighted by molar-refractivity contribution is 6.99. The highest BCUT2D eigenvalue weighted by Crippen LogP contribution is 2.46. The maximum atomic E-state index is 14.2. The van der Waals surface area contributed by atoms with Gasteiger partial charge in [-0.2, -0.15) is 0 Å². The Bertz CT molecular complexity index is 1310. The Labute approximate surface area is 249 Å². The fourth-order valence-corrected chi connectivity index (χ4v) is 11.0. The Morgan fingerprint density at radius 1 is 0.854 bits per heavy atom. The molecule has 1 aliphatic rings. The van der Waals surface area contributed by atoms with Crippen molar-refractivity contribution < 1.29 is 8.82 Å². The Morgan fingerprint density at radius 3 is 1.85 bits per heavy atom. The van der Waals surface area contributed by atoms with Gasteiger partial charge in [-0.1, -0.05) is 127 Å². The van der Waals surface area contributed by atoms with Gasteiger partial charge in [-0.05, 0) is 64.4 Å². The normalized spacial score (nSPS) is 16.5. The van der Waals surface area contributed by atoms with Crippen LogP contribution >= 0.6 is 0 Å². The molecule has 0 saturated carbocycles. The summed E-state index contributed by atoms with van der Waals surface area (Å²) in [6, 6.07) is 28.8. The van der Waals surface area contributed by atoms with Gasteiger partial charge in [0.15, 0.2) is 0 Å². The Hall–Kier alpha value is -3.11. The quantitative estimate of drug-likeness (QED) is 0.178. The van der Waals surface area contributed by atoms with E-state index in [2.05, 4.69) is 121 Å². The SMILES string of the molecule is CCCCCC1=C(C)N(C)C(C(C)C)C(O[Si](c2ccccc2)(c2ccccc2)C(C)(C)C)=C1c1ccc(F)cc1. The first kappa shape index (κ1) is 30.8. The lowest BCUT2D eigenvalue weighted by molar-refractivity contribution is 0.202. The summed E-state index contributed by atoms with van der Waals surface area (Å²) in [7, 11) is -0.692. The molecule has 0 saturated heterocycles. The van der Waals surface area contributed by atoms with Gasteiger partial charge in [-0.3, -0.25) is 0 Å². The van der Waals surface area contributed by atoms with Crippen LogP contribution in [0, 0.1) is 11.7 Å². The summed E-state index contributed by atoms with van der Waals surface area (Å²) >= 11 is 0. The molecule has 3 aromatic carbocycles. The van der Waals surface area contributed by atoms with Crippen LogP contribution in [0.3, 0.4) is 0 Å². The summed E-state index contributed by atoms with van der Waals surface area (Å²) in [5.74, 6) is 1.11. The summed E-state index contributed by atoms with van der Waals surface area (Å²) in [5, 5.41) is 2.34. The minimum absolute atomic E-state index is 0.0478. The first-order chi connectivity index (χ1) is 19.5. The fraction of sp³-hybridized carbons (Fsp3) is 0.405. The third-order valence-corrected chi connectivity index (χ3v) is 13.6. The smallest absolute Gasteiger partial charge is 0.319 e. The molecule has 0 bridgehead atoms. The van der Waals surface area contributed by atoms with E-state index >= 15 is 0 Å². The summed E-state index contributed by atoms with van der Waals surface area (Å²) in [6.45, 7) is 16.1. The van der Waals surface area contributed by atoms with Crippen LogP contribution in [-0.2, 0) is 4.43 Å². The monoisotopic (exact) mass is 569 g/mol. The van der Waals surface area contributed by atoms with Crippen LogP contribution in [0.4, 0.5) is 4.39 Å². The van der Waals surface area contributed by atoms with Crippen molar-refractivity contribution in [3.8, 4) is 0 Å². The van der Waals surface area contributed by atoms with Gasteiger partial charge in [0.2, 0.25) is 0 Å². The molecule has 4 rings (SSSR count). The predicted octanol–water partition coefficient (Wildman–Crippen LogP) is 8.94. The van der Waals surface area contributed by atoms with E-state index in [1.807, 2.05) is 12.1 Å². The number of likely N-dealkylation sites (N-methyl/N-ethyl adjacent to an activating group) is 1. The summed E-state index contributed by atoms with van der Waals surface area (Å²) in [5.41, 5.74) is 4.79. The van der Waals surface area contributed by atoms with Crippen molar-refractivity contribution >= 4 is 24.3 Å². The maximum absolute atomic E-state index is 14.2. The number of unbranched alkanes of at least 4 members (excludes halogenated alkanes) is 2. The van der Waals surface area contributed by atoms with E-state index in [9.17, 15) is 4.39 Å². The lowest BCUT2D eigenvalue weighted by atomic mass is 9.83. The van der Waals surface area contributed by atoms with Gasteiger partial charge >= 0.3 is 8.32 Å². The van der Waals surface area contributed by atoms with Crippen molar-refractivity contribution in [3.05, 3.63) is 113 Å². The van der Waals surface area contributed by atoms with Crippen LogP contribution in [0.2, 0.25) is 5.04 Å². The van der Waals surface area contributed by atoms with Gasteiger partial charge in [-0.15, -0.1) is 0 Å². The number of hydrogen-bond donors (Lipinski definition) is 0. The molecule has 1 atom stereocenters. The van der Waals surface area contributed by atoms with Crippen LogP contribution in [-0.4, -0.2) is 26.3 Å². The van der Waals surface area contributed by atoms with Crippen molar-refractivity contribution in [2.45, 2.75) is 85.2 Å². The minimum atomic E-state index is -2.91. The molecule has 218 valence electrons. The third-order valence-electron chi connectivity index (χ3n) is 8.67. The molecule has 0 N–H and O–H groups in total. The molecule has 0 fully saturated rings. The second kappa shape index (κ2) is 12.8. The van der Waals surface area contributed by atoms with E-state index in [1.165, 1.54) is 28.1 Å². The van der Waals surface area contributed by atoms with Crippen LogP contribution in [0.25, 0.3) is 5.57 Å². The molecular formula is C37H48FNOSi. The van der Waals surface area contributed by atoms with Gasteiger partial charge in [0.25, 0.3) is 0 Å². The molecule has 0 aromatic heterocycles. The largest absolute Gasteiger partial charge is 0.535 e. The molecule has 1 aliphatic heterocycles. The van der Waals surface area contributed by atoms with Crippen LogP contribution in [0.5, 0.6) is 0 Å². The summed E-state index contributed by atoms with van der Waals surface area (Å²) in [6.07, 6.45) is 4.42. The first-order valence-electron chi connectivity index (χ1n) is 15.3. The van der Waals surface area contributed by atoms with E-state index in [1.54, 1.807) is 12.1 Å². The van der Waals surface area contributed by atoms with Gasteiger partial charge in [0, 0.05) is 18.3 Å². The van der Waals surface area contributed by atoms with Gasteiger partial charge in [-0.25, -0.2) is 4.39 Å². The van der Waals surface area contributed by atoms with Crippen molar-refractivity contribution in [3.63, 3.8) is 0 Å². The van der Waals surface area contributed by atoms with Crippen LogP contribution < -0.4 is 10.4 Å². The lowest BCUT2D eigenvalue weighted by Gasteiger charge is -2.49. The van der Waals surface area contributed by atoms with E-state index in [-0.39, 0.29) is 16.9 Å². The molecule has 2 nitrogen and oxygen atoms in total.